The average molecular weight is 250 g/mol. The zero-order valence-corrected chi connectivity index (χ0v) is 10.5. The average Bonchev–Trinajstić information content (AvgIpc) is 2.66. The van der Waals surface area contributed by atoms with Crippen molar-refractivity contribution in [3.05, 3.63) is 36.0 Å². The van der Waals surface area contributed by atoms with Crippen LogP contribution in [0, 0.1) is 11.6 Å². The minimum atomic E-state index is -0.778. The Kier molecular flexibility index (Phi) is 2.63. The topological polar surface area (TPSA) is 8.17 Å². The predicted molar refractivity (Wildman–Crippen MR) is 67.6 cm³/mol. The molecule has 0 aliphatic heterocycles. The summed E-state index contributed by atoms with van der Waals surface area (Å²) >= 11 is 0. The summed E-state index contributed by atoms with van der Waals surface area (Å²) in [5.41, 5.74) is 0.788. The van der Waals surface area contributed by atoms with Gasteiger partial charge in [-0.15, -0.1) is 0 Å². The van der Waals surface area contributed by atoms with Crippen molar-refractivity contribution >= 4 is 10.9 Å². The molecule has 0 bridgehead atoms. The van der Waals surface area contributed by atoms with Gasteiger partial charge in [-0.05, 0) is 45.1 Å². The molecule has 96 valence electrons. The smallest absolute Gasteiger partial charge is 0.168 e. The summed E-state index contributed by atoms with van der Waals surface area (Å²) in [4.78, 5) is 2.21. The summed E-state index contributed by atoms with van der Waals surface area (Å²) in [5, 5.41) is 0.378. The number of halogens is 2. The van der Waals surface area contributed by atoms with E-state index in [0.29, 0.717) is 17.5 Å². The van der Waals surface area contributed by atoms with Crippen LogP contribution in [-0.2, 0) is 0 Å². The molecule has 1 aromatic heterocycles. The molecule has 1 aliphatic rings. The monoisotopic (exact) mass is 250 g/mol. The Hall–Kier alpha value is -1.42. The molecule has 1 heterocycles. The van der Waals surface area contributed by atoms with Crippen LogP contribution in [0.1, 0.15) is 18.9 Å². The van der Waals surface area contributed by atoms with Crippen molar-refractivity contribution in [1.29, 1.82) is 0 Å². The summed E-state index contributed by atoms with van der Waals surface area (Å²) in [6.07, 6.45) is 4.00. The van der Waals surface area contributed by atoms with Crippen molar-refractivity contribution in [3.63, 3.8) is 0 Å². The standard InChI is InChI=1S/C14H16F2N2/c1-17(2)9-7-10(8-9)18-6-5-11-13(18)4-3-12(15)14(11)16/h3-6,9-10H,7-8H2,1-2H3. The van der Waals surface area contributed by atoms with Gasteiger partial charge in [-0.25, -0.2) is 8.78 Å². The Morgan fingerprint density at radius 2 is 1.89 bits per heavy atom. The van der Waals surface area contributed by atoms with E-state index in [1.54, 1.807) is 12.1 Å². The fourth-order valence-electron chi connectivity index (χ4n) is 2.70. The lowest BCUT2D eigenvalue weighted by atomic mass is 9.85. The molecule has 2 aromatic rings. The van der Waals surface area contributed by atoms with Gasteiger partial charge in [0.25, 0.3) is 0 Å². The molecule has 0 saturated heterocycles. The lowest BCUT2D eigenvalue weighted by molar-refractivity contribution is 0.132. The fraction of sp³-hybridized carbons (Fsp3) is 0.429. The Bertz CT molecular complexity index is 583. The van der Waals surface area contributed by atoms with E-state index >= 15 is 0 Å². The van der Waals surface area contributed by atoms with Gasteiger partial charge in [-0.3, -0.25) is 0 Å². The van der Waals surface area contributed by atoms with Crippen molar-refractivity contribution in [1.82, 2.24) is 9.47 Å². The summed E-state index contributed by atoms with van der Waals surface area (Å²) in [6, 6.07) is 5.53. The van der Waals surface area contributed by atoms with Crippen molar-refractivity contribution in [3.8, 4) is 0 Å². The van der Waals surface area contributed by atoms with Gasteiger partial charge in [0.1, 0.15) is 0 Å². The van der Waals surface area contributed by atoms with E-state index in [1.165, 1.54) is 6.07 Å². The fourth-order valence-corrected chi connectivity index (χ4v) is 2.70. The predicted octanol–water partition coefficient (Wildman–Crippen LogP) is 3.18. The van der Waals surface area contributed by atoms with E-state index in [-0.39, 0.29) is 0 Å². The lowest BCUT2D eigenvalue weighted by Crippen LogP contribution is -2.41. The molecule has 3 rings (SSSR count). The maximum Gasteiger partial charge on any atom is 0.168 e. The first-order chi connectivity index (χ1) is 8.58. The minimum absolute atomic E-state index is 0.378. The number of hydrogen-bond acceptors (Lipinski definition) is 1. The van der Waals surface area contributed by atoms with Crippen molar-refractivity contribution in [2.45, 2.75) is 24.9 Å². The second-order valence-electron chi connectivity index (χ2n) is 5.26. The van der Waals surface area contributed by atoms with Gasteiger partial charge in [0.2, 0.25) is 0 Å². The van der Waals surface area contributed by atoms with Gasteiger partial charge in [0.05, 0.1) is 5.52 Å². The molecule has 18 heavy (non-hydrogen) atoms. The molecule has 0 atom stereocenters. The Morgan fingerprint density at radius 3 is 2.56 bits per heavy atom. The van der Waals surface area contributed by atoms with E-state index in [1.807, 2.05) is 6.20 Å². The molecule has 0 N–H and O–H groups in total. The highest BCUT2D eigenvalue weighted by Crippen LogP contribution is 2.37. The zero-order chi connectivity index (χ0) is 12.9. The quantitative estimate of drug-likeness (QED) is 0.794. The second-order valence-corrected chi connectivity index (χ2v) is 5.26. The Balaban J connectivity index is 1.93. The molecule has 1 saturated carbocycles. The maximum absolute atomic E-state index is 13.6. The molecule has 1 fully saturated rings. The molecule has 1 aliphatic carbocycles. The third kappa shape index (κ3) is 1.63. The Labute approximate surface area is 105 Å². The van der Waals surface area contributed by atoms with Crippen LogP contribution in [-0.4, -0.2) is 29.6 Å². The van der Waals surface area contributed by atoms with E-state index in [0.717, 1.165) is 18.4 Å². The highest BCUT2D eigenvalue weighted by atomic mass is 19.2. The molecule has 1 aromatic carbocycles. The van der Waals surface area contributed by atoms with E-state index in [9.17, 15) is 8.78 Å². The van der Waals surface area contributed by atoms with Gasteiger partial charge in [0.15, 0.2) is 11.6 Å². The van der Waals surface area contributed by atoms with Gasteiger partial charge >= 0.3 is 0 Å². The van der Waals surface area contributed by atoms with Crippen LogP contribution >= 0.6 is 0 Å². The number of aromatic nitrogens is 1. The van der Waals surface area contributed by atoms with Gasteiger partial charge in [-0.2, -0.15) is 0 Å². The molecule has 4 heteroatoms. The number of rotatable bonds is 2. The number of benzene rings is 1. The van der Waals surface area contributed by atoms with Crippen molar-refractivity contribution in [2.75, 3.05) is 14.1 Å². The maximum atomic E-state index is 13.6. The summed E-state index contributed by atoms with van der Waals surface area (Å²) < 4.78 is 28.8. The molecule has 2 nitrogen and oxygen atoms in total. The zero-order valence-electron chi connectivity index (χ0n) is 10.5. The first kappa shape index (κ1) is 11.7. The molecule has 0 amide bonds. The summed E-state index contributed by atoms with van der Waals surface area (Å²) in [5.74, 6) is -1.52. The van der Waals surface area contributed by atoms with Gasteiger partial charge < -0.3 is 9.47 Å². The van der Waals surface area contributed by atoms with Crippen LogP contribution in [0.2, 0.25) is 0 Å². The lowest BCUT2D eigenvalue weighted by Gasteiger charge is -2.40. The Morgan fingerprint density at radius 1 is 1.17 bits per heavy atom. The van der Waals surface area contributed by atoms with Gasteiger partial charge in [-0.1, -0.05) is 0 Å². The summed E-state index contributed by atoms with van der Waals surface area (Å²) in [7, 11) is 4.15. The normalized spacial score (nSPS) is 23.6. The highest BCUT2D eigenvalue weighted by molar-refractivity contribution is 5.81. The largest absolute Gasteiger partial charge is 0.344 e. The molecular formula is C14H16F2N2. The minimum Gasteiger partial charge on any atom is -0.344 e. The molecule has 0 radical (unpaired) electrons. The van der Waals surface area contributed by atoms with Crippen LogP contribution in [0.4, 0.5) is 8.78 Å². The first-order valence-electron chi connectivity index (χ1n) is 6.19. The number of fused-ring (bicyclic) bond motifs is 1. The van der Waals surface area contributed by atoms with E-state index < -0.39 is 11.6 Å². The molecular weight excluding hydrogens is 234 g/mol. The number of nitrogens with zero attached hydrogens (tertiary/aromatic N) is 2. The van der Waals surface area contributed by atoms with E-state index in [2.05, 4.69) is 23.6 Å². The van der Waals surface area contributed by atoms with Crippen LogP contribution in [0.15, 0.2) is 24.4 Å². The van der Waals surface area contributed by atoms with Crippen LogP contribution in [0.5, 0.6) is 0 Å². The third-order valence-corrected chi connectivity index (χ3v) is 4.00. The number of hydrogen-bond donors (Lipinski definition) is 0. The van der Waals surface area contributed by atoms with Crippen LogP contribution in [0.3, 0.4) is 0 Å². The van der Waals surface area contributed by atoms with Crippen LogP contribution < -0.4 is 0 Å². The first-order valence-corrected chi connectivity index (χ1v) is 6.19. The molecule has 0 spiro atoms. The highest BCUT2D eigenvalue weighted by Gasteiger charge is 2.32. The van der Waals surface area contributed by atoms with E-state index in [4.69, 9.17) is 0 Å². The van der Waals surface area contributed by atoms with Crippen molar-refractivity contribution < 1.29 is 8.78 Å². The molecule has 0 unspecified atom stereocenters. The summed E-state index contributed by atoms with van der Waals surface area (Å²) in [6.45, 7) is 0. The third-order valence-electron chi connectivity index (χ3n) is 4.00. The van der Waals surface area contributed by atoms with Gasteiger partial charge in [0, 0.05) is 23.7 Å². The van der Waals surface area contributed by atoms with Crippen molar-refractivity contribution in [2.24, 2.45) is 0 Å². The second kappa shape index (κ2) is 4.05. The van der Waals surface area contributed by atoms with Crippen LogP contribution in [0.25, 0.3) is 10.9 Å². The SMILES string of the molecule is CN(C)C1CC(n2ccc3c(F)c(F)ccc32)C1.